The summed E-state index contributed by atoms with van der Waals surface area (Å²) in [4.78, 5) is 32.4. The summed E-state index contributed by atoms with van der Waals surface area (Å²) in [6.07, 6.45) is 1.10. The molecular weight excluding hydrogens is 537 g/mol. The number of aromatic nitrogens is 2. The van der Waals surface area contributed by atoms with Crippen molar-refractivity contribution in [2.24, 2.45) is 5.73 Å². The molecule has 1 aromatic heterocycles. The van der Waals surface area contributed by atoms with Crippen molar-refractivity contribution in [3.63, 3.8) is 0 Å². The number of nitrogens with one attached hydrogen (secondary N) is 1. The first kappa shape index (κ1) is 27.1. The molecule has 1 aliphatic heterocycles. The number of ether oxygens (including phenoxy) is 1. The summed E-state index contributed by atoms with van der Waals surface area (Å²) in [5, 5.41) is 0.843. The number of carbonyl (C=O) groups is 1. The van der Waals surface area contributed by atoms with Crippen LogP contribution in [0.1, 0.15) is 30.5 Å². The number of aromatic amines is 1. The third-order valence-corrected chi connectivity index (χ3v) is 8.02. The molecule has 1 aliphatic rings. The number of rotatable bonds is 7. The normalized spacial score (nSPS) is 17.6. The number of amides is 2. The summed E-state index contributed by atoms with van der Waals surface area (Å²) in [6, 6.07) is 18.1. The van der Waals surface area contributed by atoms with Crippen LogP contribution < -0.4 is 16.2 Å². The number of piperidine rings is 1. The highest BCUT2D eigenvalue weighted by Crippen LogP contribution is 2.39. The average molecular weight is 569 g/mol. The van der Waals surface area contributed by atoms with Crippen molar-refractivity contribution in [2.45, 2.75) is 24.9 Å². The second kappa shape index (κ2) is 11.3. The molecule has 10 heteroatoms. The molecule has 0 bridgehead atoms. The fourth-order valence-corrected chi connectivity index (χ4v) is 5.62. The fourth-order valence-electron chi connectivity index (χ4n) is 5.31. The molecule has 4 aromatic rings. The minimum atomic E-state index is -0.507. The highest BCUT2D eigenvalue weighted by Gasteiger charge is 2.34. The van der Waals surface area contributed by atoms with Crippen LogP contribution in [0.15, 0.2) is 65.5 Å². The van der Waals surface area contributed by atoms with Crippen molar-refractivity contribution in [3.8, 4) is 16.9 Å². The number of hydrogen-bond acceptors (Lipinski definition) is 4. The Hall–Kier alpha value is -3.46. The van der Waals surface area contributed by atoms with Gasteiger partial charge < -0.3 is 25.3 Å². The molecule has 2 atom stereocenters. The minimum Gasteiger partial charge on any atom is -0.492 e. The molecule has 39 heavy (non-hydrogen) atoms. The van der Waals surface area contributed by atoms with Gasteiger partial charge in [-0.25, -0.2) is 9.59 Å². The maximum absolute atomic E-state index is 13.3. The molecule has 0 saturated carbocycles. The van der Waals surface area contributed by atoms with Crippen LogP contribution in [0.3, 0.4) is 0 Å². The SMILES string of the molecule is CN(C)CCOc1ccc(-c2cccc3c2[nH]c(=O)n3C2CCN(C(N)=O)C(c3ccc(Cl)c(Cl)c3)C2)cc1. The van der Waals surface area contributed by atoms with E-state index in [0.717, 1.165) is 40.0 Å². The average Bonchev–Trinajstić information content (AvgIpc) is 3.26. The van der Waals surface area contributed by atoms with E-state index in [1.165, 1.54) is 0 Å². The van der Waals surface area contributed by atoms with Crippen LogP contribution in [-0.2, 0) is 0 Å². The van der Waals surface area contributed by atoms with Gasteiger partial charge in [-0.05, 0) is 68.4 Å². The number of likely N-dealkylation sites (tertiary alicyclic amines) is 1. The lowest BCUT2D eigenvalue weighted by Gasteiger charge is -2.39. The Kier molecular flexibility index (Phi) is 7.88. The molecule has 204 valence electrons. The van der Waals surface area contributed by atoms with E-state index < -0.39 is 6.03 Å². The van der Waals surface area contributed by atoms with E-state index in [9.17, 15) is 9.59 Å². The molecule has 0 radical (unpaired) electrons. The Morgan fingerprint density at radius 3 is 2.56 bits per heavy atom. The summed E-state index contributed by atoms with van der Waals surface area (Å²) in [7, 11) is 4.02. The quantitative estimate of drug-likeness (QED) is 0.299. The van der Waals surface area contributed by atoms with Crippen LogP contribution in [-0.4, -0.2) is 59.2 Å². The fraction of sp³-hybridized carbons (Fsp3) is 0.310. The summed E-state index contributed by atoms with van der Waals surface area (Å²) in [5.74, 6) is 0.799. The van der Waals surface area contributed by atoms with Crippen molar-refractivity contribution in [1.82, 2.24) is 19.4 Å². The monoisotopic (exact) mass is 567 g/mol. The standard InChI is InChI=1S/C29H31Cl2N5O3/c1-34(2)14-15-39-21-9-6-18(7-10-21)22-4-3-5-25-27(22)33-29(38)36(25)20-12-13-35(28(32)37)26(17-20)19-8-11-23(30)24(31)16-19/h3-11,16,20,26H,12-15,17H2,1-2H3,(H2,32,37)(H,33,38). The predicted octanol–water partition coefficient (Wildman–Crippen LogP) is 5.70. The third kappa shape index (κ3) is 5.64. The molecule has 3 N–H and O–H groups in total. The van der Waals surface area contributed by atoms with Crippen LogP contribution in [0.4, 0.5) is 4.79 Å². The number of primary amides is 1. The van der Waals surface area contributed by atoms with Crippen LogP contribution in [0, 0.1) is 0 Å². The van der Waals surface area contributed by atoms with E-state index in [0.29, 0.717) is 36.0 Å². The molecule has 3 aromatic carbocycles. The number of H-pyrrole nitrogens is 1. The number of likely N-dealkylation sites (N-methyl/N-ethyl adjacent to an activating group) is 1. The van der Waals surface area contributed by atoms with E-state index in [4.69, 9.17) is 33.7 Å². The zero-order valence-electron chi connectivity index (χ0n) is 21.9. The molecule has 2 amide bonds. The van der Waals surface area contributed by atoms with Crippen molar-refractivity contribution in [2.75, 3.05) is 33.8 Å². The number of benzene rings is 3. The summed E-state index contributed by atoms with van der Waals surface area (Å²) in [5.41, 5.74) is 9.86. The van der Waals surface area contributed by atoms with Gasteiger partial charge in [-0.2, -0.15) is 0 Å². The van der Waals surface area contributed by atoms with Gasteiger partial charge in [0.25, 0.3) is 0 Å². The predicted molar refractivity (Wildman–Crippen MR) is 156 cm³/mol. The highest BCUT2D eigenvalue weighted by atomic mass is 35.5. The Morgan fingerprint density at radius 1 is 1.10 bits per heavy atom. The number of halogens is 2. The first-order chi connectivity index (χ1) is 18.7. The maximum Gasteiger partial charge on any atom is 0.326 e. The summed E-state index contributed by atoms with van der Waals surface area (Å²) in [6.45, 7) is 1.86. The van der Waals surface area contributed by atoms with Gasteiger partial charge in [0.1, 0.15) is 12.4 Å². The van der Waals surface area contributed by atoms with Crippen molar-refractivity contribution in [3.05, 3.63) is 86.8 Å². The molecule has 8 nitrogen and oxygen atoms in total. The number of nitrogens with zero attached hydrogens (tertiary/aromatic N) is 3. The van der Waals surface area contributed by atoms with Gasteiger partial charge in [-0.3, -0.25) is 4.57 Å². The van der Waals surface area contributed by atoms with E-state index in [-0.39, 0.29) is 17.8 Å². The zero-order valence-corrected chi connectivity index (χ0v) is 23.4. The molecule has 1 saturated heterocycles. The maximum atomic E-state index is 13.3. The number of imidazole rings is 1. The van der Waals surface area contributed by atoms with Gasteiger partial charge in [0, 0.05) is 24.7 Å². The Bertz CT molecular complexity index is 1550. The third-order valence-electron chi connectivity index (χ3n) is 7.28. The number of carbonyl (C=O) groups excluding carboxylic acids is 1. The van der Waals surface area contributed by atoms with Gasteiger partial charge in [0.2, 0.25) is 0 Å². The first-order valence-corrected chi connectivity index (χ1v) is 13.6. The lowest BCUT2D eigenvalue weighted by molar-refractivity contribution is 0.136. The zero-order chi connectivity index (χ0) is 27.7. The number of fused-ring (bicyclic) bond motifs is 1. The molecule has 0 spiro atoms. The number of hydrogen-bond donors (Lipinski definition) is 2. The highest BCUT2D eigenvalue weighted by molar-refractivity contribution is 6.42. The largest absolute Gasteiger partial charge is 0.492 e. The smallest absolute Gasteiger partial charge is 0.326 e. The molecule has 5 rings (SSSR count). The van der Waals surface area contributed by atoms with Crippen LogP contribution in [0.25, 0.3) is 22.2 Å². The Balaban J connectivity index is 1.46. The molecule has 0 aliphatic carbocycles. The van der Waals surface area contributed by atoms with Gasteiger partial charge in [0.15, 0.2) is 0 Å². The lowest BCUT2D eigenvalue weighted by Crippen LogP contribution is -2.45. The summed E-state index contributed by atoms with van der Waals surface area (Å²) < 4.78 is 7.63. The molecule has 1 fully saturated rings. The van der Waals surface area contributed by atoms with Crippen molar-refractivity contribution < 1.29 is 9.53 Å². The van der Waals surface area contributed by atoms with E-state index in [1.807, 2.05) is 62.6 Å². The van der Waals surface area contributed by atoms with Gasteiger partial charge in [-0.1, -0.05) is 53.5 Å². The topological polar surface area (TPSA) is 96.6 Å². The lowest BCUT2D eigenvalue weighted by atomic mass is 9.91. The Morgan fingerprint density at radius 2 is 1.87 bits per heavy atom. The second-order valence-corrected chi connectivity index (χ2v) is 10.9. The van der Waals surface area contributed by atoms with Gasteiger partial charge in [-0.15, -0.1) is 0 Å². The molecular formula is C29H31Cl2N5O3. The Labute approximate surface area is 236 Å². The molecule has 2 heterocycles. The number of urea groups is 1. The summed E-state index contributed by atoms with van der Waals surface area (Å²) >= 11 is 12.4. The van der Waals surface area contributed by atoms with E-state index in [1.54, 1.807) is 21.6 Å². The van der Waals surface area contributed by atoms with Crippen LogP contribution >= 0.6 is 23.2 Å². The second-order valence-electron chi connectivity index (χ2n) is 10.1. The van der Waals surface area contributed by atoms with E-state index in [2.05, 4.69) is 9.88 Å². The van der Waals surface area contributed by atoms with Crippen molar-refractivity contribution in [1.29, 1.82) is 0 Å². The molecule has 2 unspecified atom stereocenters. The number of nitrogens with two attached hydrogens (primary N) is 1. The first-order valence-electron chi connectivity index (χ1n) is 12.8. The van der Waals surface area contributed by atoms with E-state index >= 15 is 0 Å². The minimum absolute atomic E-state index is 0.149. The van der Waals surface area contributed by atoms with Crippen LogP contribution in [0.5, 0.6) is 5.75 Å². The van der Waals surface area contributed by atoms with Crippen LogP contribution in [0.2, 0.25) is 10.0 Å². The van der Waals surface area contributed by atoms with Gasteiger partial charge >= 0.3 is 11.7 Å². The number of para-hydroxylation sites is 1. The van der Waals surface area contributed by atoms with Crippen molar-refractivity contribution >= 4 is 40.3 Å². The van der Waals surface area contributed by atoms with Gasteiger partial charge in [0.05, 0.1) is 27.1 Å².